The zero-order valence-electron chi connectivity index (χ0n) is 18.4. The molecule has 0 unspecified atom stereocenters. The Kier molecular flexibility index (Phi) is 8.01. The molecular weight excluding hydrogens is 416 g/mol. The molecule has 8 heteroatoms. The molecule has 168 valence electrons. The molecule has 0 radical (unpaired) electrons. The van der Waals surface area contributed by atoms with Gasteiger partial charge in [-0.05, 0) is 60.7 Å². The van der Waals surface area contributed by atoms with Gasteiger partial charge in [-0.25, -0.2) is 0 Å². The SMILES string of the molecule is CCCCOc1ccc(/C=C2\SC(=O)N(CC(=O)N3CCC(C)CC3)C2=O)cc1OC. The number of thioether (sulfide) groups is 1. The Morgan fingerprint density at radius 2 is 1.97 bits per heavy atom. The minimum Gasteiger partial charge on any atom is -0.493 e. The lowest BCUT2D eigenvalue weighted by atomic mass is 9.99. The van der Waals surface area contributed by atoms with E-state index in [0.717, 1.165) is 47.9 Å². The second kappa shape index (κ2) is 10.7. The Hall–Kier alpha value is -2.48. The molecule has 31 heavy (non-hydrogen) atoms. The Balaban J connectivity index is 1.67. The predicted molar refractivity (Wildman–Crippen MR) is 121 cm³/mol. The molecule has 0 aliphatic carbocycles. The largest absolute Gasteiger partial charge is 0.493 e. The van der Waals surface area contributed by atoms with E-state index in [1.807, 2.05) is 6.07 Å². The van der Waals surface area contributed by atoms with Crippen molar-refractivity contribution in [3.05, 3.63) is 28.7 Å². The average molecular weight is 447 g/mol. The van der Waals surface area contributed by atoms with Crippen LogP contribution in [0.4, 0.5) is 4.79 Å². The normalized spacial score (nSPS) is 18.7. The van der Waals surface area contributed by atoms with Crippen LogP contribution in [-0.4, -0.2) is 60.2 Å². The van der Waals surface area contributed by atoms with Crippen molar-refractivity contribution in [1.82, 2.24) is 9.80 Å². The van der Waals surface area contributed by atoms with E-state index in [1.165, 1.54) is 0 Å². The van der Waals surface area contributed by atoms with Crippen molar-refractivity contribution in [2.75, 3.05) is 33.4 Å². The topological polar surface area (TPSA) is 76.2 Å². The van der Waals surface area contributed by atoms with Crippen molar-refractivity contribution >= 4 is 34.9 Å². The summed E-state index contributed by atoms with van der Waals surface area (Å²) in [6.45, 7) is 6.02. The zero-order valence-corrected chi connectivity index (χ0v) is 19.2. The highest BCUT2D eigenvalue weighted by molar-refractivity contribution is 8.18. The maximum absolute atomic E-state index is 12.8. The fourth-order valence-electron chi connectivity index (χ4n) is 3.50. The summed E-state index contributed by atoms with van der Waals surface area (Å²) >= 11 is 0.856. The van der Waals surface area contributed by atoms with E-state index >= 15 is 0 Å². The first-order chi connectivity index (χ1) is 14.9. The smallest absolute Gasteiger partial charge is 0.294 e. The van der Waals surface area contributed by atoms with Crippen LogP contribution in [0.25, 0.3) is 6.08 Å². The van der Waals surface area contributed by atoms with E-state index < -0.39 is 11.1 Å². The molecule has 0 atom stereocenters. The number of hydrogen-bond donors (Lipinski definition) is 0. The van der Waals surface area contributed by atoms with Crippen LogP contribution < -0.4 is 9.47 Å². The third-order valence-corrected chi connectivity index (χ3v) is 6.45. The van der Waals surface area contributed by atoms with Gasteiger partial charge in [0.15, 0.2) is 11.5 Å². The van der Waals surface area contributed by atoms with Gasteiger partial charge in [0.25, 0.3) is 11.1 Å². The van der Waals surface area contributed by atoms with Gasteiger partial charge in [0.05, 0.1) is 18.6 Å². The van der Waals surface area contributed by atoms with Crippen molar-refractivity contribution in [3.63, 3.8) is 0 Å². The molecule has 1 aromatic rings. The zero-order chi connectivity index (χ0) is 22.4. The second-order valence-electron chi connectivity index (χ2n) is 7.94. The number of piperidine rings is 1. The Morgan fingerprint density at radius 3 is 2.65 bits per heavy atom. The van der Waals surface area contributed by atoms with Crippen LogP contribution >= 0.6 is 11.8 Å². The highest BCUT2D eigenvalue weighted by atomic mass is 32.2. The molecule has 2 heterocycles. The Labute approximate surface area is 187 Å². The number of unbranched alkanes of at least 4 members (excludes halogenated alkanes) is 1. The third-order valence-electron chi connectivity index (χ3n) is 5.54. The summed E-state index contributed by atoms with van der Waals surface area (Å²) in [5.41, 5.74) is 0.724. The standard InChI is InChI=1S/C23H30N2O5S/c1-4-5-12-30-18-7-6-17(13-19(18)29-3)14-20-22(27)25(23(28)31-20)15-21(26)24-10-8-16(2)9-11-24/h6-7,13-14,16H,4-5,8-12,15H2,1-3H3/b20-14-. The van der Waals surface area contributed by atoms with Crippen LogP contribution in [-0.2, 0) is 9.59 Å². The van der Waals surface area contributed by atoms with Crippen LogP contribution in [0.3, 0.4) is 0 Å². The lowest BCUT2D eigenvalue weighted by molar-refractivity contribution is -0.136. The van der Waals surface area contributed by atoms with E-state index in [1.54, 1.807) is 30.2 Å². The van der Waals surface area contributed by atoms with E-state index in [0.29, 0.717) is 42.0 Å². The Morgan fingerprint density at radius 1 is 1.23 bits per heavy atom. The third kappa shape index (κ3) is 5.81. The van der Waals surface area contributed by atoms with E-state index in [9.17, 15) is 14.4 Å². The van der Waals surface area contributed by atoms with Gasteiger partial charge in [-0.2, -0.15) is 0 Å². The summed E-state index contributed by atoms with van der Waals surface area (Å²) in [5, 5.41) is -0.415. The number of likely N-dealkylation sites (tertiary alicyclic amines) is 1. The molecule has 2 aliphatic rings. The van der Waals surface area contributed by atoms with Crippen LogP contribution in [0.15, 0.2) is 23.1 Å². The van der Waals surface area contributed by atoms with Gasteiger partial charge in [0, 0.05) is 13.1 Å². The quantitative estimate of drug-likeness (QED) is 0.441. The van der Waals surface area contributed by atoms with Crippen LogP contribution in [0, 0.1) is 5.92 Å². The molecule has 0 N–H and O–H groups in total. The molecule has 0 bridgehead atoms. The van der Waals surface area contributed by atoms with Crippen LogP contribution in [0.5, 0.6) is 11.5 Å². The van der Waals surface area contributed by atoms with E-state index in [-0.39, 0.29) is 12.5 Å². The number of carbonyl (C=O) groups excluding carboxylic acids is 3. The van der Waals surface area contributed by atoms with Crippen molar-refractivity contribution in [1.29, 1.82) is 0 Å². The number of hydrogen-bond acceptors (Lipinski definition) is 6. The molecule has 0 saturated carbocycles. The lowest BCUT2D eigenvalue weighted by Crippen LogP contribution is -2.45. The molecule has 7 nitrogen and oxygen atoms in total. The second-order valence-corrected chi connectivity index (χ2v) is 8.94. The number of carbonyl (C=O) groups is 3. The van der Waals surface area contributed by atoms with Crippen LogP contribution in [0.2, 0.25) is 0 Å². The Bertz CT molecular complexity index is 862. The summed E-state index contributed by atoms with van der Waals surface area (Å²) in [6.07, 6.45) is 5.54. The molecule has 2 saturated heterocycles. The predicted octanol–water partition coefficient (Wildman–Crippen LogP) is 4.17. The highest BCUT2D eigenvalue weighted by Crippen LogP contribution is 2.34. The van der Waals surface area contributed by atoms with Crippen molar-refractivity contribution in [2.24, 2.45) is 5.92 Å². The van der Waals surface area contributed by atoms with Gasteiger partial charge in [-0.3, -0.25) is 19.3 Å². The van der Waals surface area contributed by atoms with Gasteiger partial charge in [0.2, 0.25) is 5.91 Å². The van der Waals surface area contributed by atoms with Crippen molar-refractivity contribution in [2.45, 2.75) is 39.5 Å². The summed E-state index contributed by atoms with van der Waals surface area (Å²) in [4.78, 5) is 40.8. The maximum Gasteiger partial charge on any atom is 0.294 e. The van der Waals surface area contributed by atoms with Crippen LogP contribution in [0.1, 0.15) is 45.1 Å². The summed E-state index contributed by atoms with van der Waals surface area (Å²) in [5.74, 6) is 1.20. The van der Waals surface area contributed by atoms with E-state index in [2.05, 4.69) is 13.8 Å². The molecule has 1 aromatic carbocycles. The van der Waals surface area contributed by atoms with Gasteiger partial charge >= 0.3 is 0 Å². The molecule has 3 amide bonds. The minimum absolute atomic E-state index is 0.175. The minimum atomic E-state index is -0.434. The van der Waals surface area contributed by atoms with Gasteiger partial charge in [-0.15, -0.1) is 0 Å². The molecule has 2 fully saturated rings. The van der Waals surface area contributed by atoms with Gasteiger partial charge in [-0.1, -0.05) is 26.3 Å². The first-order valence-electron chi connectivity index (χ1n) is 10.8. The van der Waals surface area contributed by atoms with E-state index in [4.69, 9.17) is 9.47 Å². The monoisotopic (exact) mass is 446 g/mol. The number of amides is 3. The summed E-state index contributed by atoms with van der Waals surface area (Å²) < 4.78 is 11.1. The van der Waals surface area contributed by atoms with Crippen molar-refractivity contribution in [3.8, 4) is 11.5 Å². The fourth-order valence-corrected chi connectivity index (χ4v) is 4.34. The number of ether oxygens (including phenoxy) is 2. The van der Waals surface area contributed by atoms with Gasteiger partial charge in [0.1, 0.15) is 6.54 Å². The molecule has 2 aliphatic heterocycles. The first kappa shape index (κ1) is 23.2. The average Bonchev–Trinajstić information content (AvgIpc) is 3.02. The molecule has 0 aromatic heterocycles. The number of rotatable bonds is 8. The van der Waals surface area contributed by atoms with Gasteiger partial charge < -0.3 is 14.4 Å². The molecule has 3 rings (SSSR count). The number of nitrogens with zero attached hydrogens (tertiary/aromatic N) is 2. The molecule has 0 spiro atoms. The maximum atomic E-state index is 12.8. The fraction of sp³-hybridized carbons (Fsp3) is 0.522. The number of methoxy groups -OCH3 is 1. The highest BCUT2D eigenvalue weighted by Gasteiger charge is 2.37. The lowest BCUT2D eigenvalue weighted by Gasteiger charge is -2.31. The summed E-state index contributed by atoms with van der Waals surface area (Å²) in [7, 11) is 1.56. The number of benzene rings is 1. The number of imide groups is 1. The molecular formula is C23H30N2O5S. The van der Waals surface area contributed by atoms with Crippen molar-refractivity contribution < 1.29 is 23.9 Å². The summed E-state index contributed by atoms with van der Waals surface area (Å²) in [6, 6.07) is 5.39. The first-order valence-corrected chi connectivity index (χ1v) is 11.6.